The van der Waals surface area contributed by atoms with Crippen LogP contribution in [0.3, 0.4) is 0 Å². The van der Waals surface area contributed by atoms with E-state index < -0.39 is 0 Å². The Hall–Kier alpha value is -0.530. The van der Waals surface area contributed by atoms with Crippen LogP contribution in [0.5, 0.6) is 0 Å². The second-order valence-electron chi connectivity index (χ2n) is 1.96. The molecule has 40 valence electrons. The van der Waals surface area contributed by atoms with Gasteiger partial charge in [-0.2, -0.15) is 0 Å². The number of oxime groups is 1. The molecule has 0 amide bonds. The predicted octanol–water partition coefficient (Wildman–Crippen LogP) is 1.25. The van der Waals surface area contributed by atoms with Crippen LogP contribution in [0, 0.1) is 5.92 Å². The van der Waals surface area contributed by atoms with Gasteiger partial charge in [0.05, 0.1) is 0 Å². The lowest BCUT2D eigenvalue weighted by atomic mass is 9.87. The predicted molar refractivity (Wildman–Crippen MR) is 27.6 cm³/mol. The summed E-state index contributed by atoms with van der Waals surface area (Å²) in [6.45, 7) is 0. The van der Waals surface area contributed by atoms with Gasteiger partial charge in [-0.05, 0) is 18.8 Å². The lowest BCUT2D eigenvalue weighted by Crippen LogP contribution is -2.11. The van der Waals surface area contributed by atoms with Crippen LogP contribution in [0.2, 0.25) is 0 Å². The van der Waals surface area contributed by atoms with E-state index in [0.717, 1.165) is 0 Å². The summed E-state index contributed by atoms with van der Waals surface area (Å²) in [6, 6.07) is 0. The molecule has 0 unspecified atom stereocenters. The van der Waals surface area contributed by atoms with Crippen molar-refractivity contribution in [1.82, 2.24) is 0 Å². The largest absolute Gasteiger partial charge is 0.411 e. The van der Waals surface area contributed by atoms with Crippen molar-refractivity contribution in [2.45, 2.75) is 19.3 Å². The van der Waals surface area contributed by atoms with Crippen LogP contribution in [-0.4, -0.2) is 11.4 Å². The van der Waals surface area contributed by atoms with Crippen LogP contribution in [0.15, 0.2) is 5.16 Å². The molecule has 0 spiro atoms. The Morgan fingerprint density at radius 1 is 1.57 bits per heavy atom. The van der Waals surface area contributed by atoms with Gasteiger partial charge in [-0.1, -0.05) is 6.42 Å². The summed E-state index contributed by atoms with van der Waals surface area (Å²) in [4.78, 5) is 0. The molecule has 7 heavy (non-hydrogen) atoms. The van der Waals surface area contributed by atoms with Crippen molar-refractivity contribution in [2.75, 3.05) is 0 Å². The smallest absolute Gasteiger partial charge is 0.0466 e. The van der Waals surface area contributed by atoms with Crippen LogP contribution >= 0.6 is 0 Å². The Bertz CT molecular complexity index is 76.1. The average molecular weight is 99.1 g/mol. The molecule has 2 heteroatoms. The molecule has 1 aliphatic rings. The van der Waals surface area contributed by atoms with E-state index in [1.165, 1.54) is 19.3 Å². The Morgan fingerprint density at radius 3 is 2.43 bits per heavy atom. The summed E-state index contributed by atoms with van der Waals surface area (Å²) in [5.74, 6) is 0.588. The maximum absolute atomic E-state index is 7.97. The Kier molecular flexibility index (Phi) is 1.29. The lowest BCUT2D eigenvalue weighted by Gasteiger charge is -2.19. The average Bonchev–Trinajstić information content (AvgIpc) is 1.55. The summed E-state index contributed by atoms with van der Waals surface area (Å²) in [6.07, 6.45) is 5.34. The Labute approximate surface area is 42.8 Å². The minimum Gasteiger partial charge on any atom is -0.411 e. The molecular formula is C5H9NO. The molecule has 0 atom stereocenters. The first-order chi connectivity index (χ1) is 3.43. The summed E-state index contributed by atoms with van der Waals surface area (Å²) < 4.78 is 0. The van der Waals surface area contributed by atoms with Gasteiger partial charge >= 0.3 is 0 Å². The normalized spacial score (nSPS) is 22.9. The molecule has 1 rings (SSSR count). The molecule has 0 aromatic heterocycles. The maximum Gasteiger partial charge on any atom is 0.0466 e. The van der Waals surface area contributed by atoms with E-state index in [2.05, 4.69) is 5.16 Å². The lowest BCUT2D eigenvalue weighted by molar-refractivity contribution is 0.310. The molecule has 0 aromatic rings. The quantitative estimate of drug-likeness (QED) is 0.299. The summed E-state index contributed by atoms with van der Waals surface area (Å²) in [5, 5.41) is 10.9. The first-order valence-corrected chi connectivity index (χ1v) is 2.61. The molecule has 0 saturated heterocycles. The fourth-order valence-electron chi connectivity index (χ4n) is 0.683. The zero-order valence-electron chi connectivity index (χ0n) is 4.17. The third-order valence-electron chi connectivity index (χ3n) is 1.43. The fraction of sp³-hybridized carbons (Fsp3) is 0.800. The fourth-order valence-corrected chi connectivity index (χ4v) is 0.683. The van der Waals surface area contributed by atoms with Crippen LogP contribution in [-0.2, 0) is 0 Å². The van der Waals surface area contributed by atoms with Gasteiger partial charge in [0.2, 0.25) is 0 Å². The van der Waals surface area contributed by atoms with E-state index in [0.29, 0.717) is 5.92 Å². The number of nitrogens with zero attached hydrogens (tertiary/aromatic N) is 1. The number of rotatable bonds is 1. The van der Waals surface area contributed by atoms with Crippen molar-refractivity contribution in [3.05, 3.63) is 0 Å². The maximum atomic E-state index is 7.97. The Balaban J connectivity index is 2.14. The van der Waals surface area contributed by atoms with Crippen LogP contribution in [0.4, 0.5) is 0 Å². The SMILES string of the molecule is ON=CC1CCC1. The van der Waals surface area contributed by atoms with Crippen molar-refractivity contribution >= 4 is 6.21 Å². The third kappa shape index (κ3) is 0.918. The van der Waals surface area contributed by atoms with Gasteiger partial charge in [-0.15, -0.1) is 5.16 Å². The van der Waals surface area contributed by atoms with E-state index >= 15 is 0 Å². The van der Waals surface area contributed by atoms with E-state index in [-0.39, 0.29) is 0 Å². The molecule has 1 N–H and O–H groups in total. The number of hydrogen-bond donors (Lipinski definition) is 1. The van der Waals surface area contributed by atoms with Gasteiger partial charge in [0.15, 0.2) is 0 Å². The molecule has 0 radical (unpaired) electrons. The third-order valence-corrected chi connectivity index (χ3v) is 1.43. The second kappa shape index (κ2) is 1.96. The van der Waals surface area contributed by atoms with Crippen LogP contribution in [0.1, 0.15) is 19.3 Å². The highest BCUT2D eigenvalue weighted by molar-refractivity contribution is 5.60. The van der Waals surface area contributed by atoms with Gasteiger partial charge in [0.25, 0.3) is 0 Å². The molecule has 2 nitrogen and oxygen atoms in total. The summed E-state index contributed by atoms with van der Waals surface area (Å²) in [5.41, 5.74) is 0. The topological polar surface area (TPSA) is 32.6 Å². The highest BCUT2D eigenvalue weighted by Crippen LogP contribution is 2.23. The van der Waals surface area contributed by atoms with E-state index in [9.17, 15) is 0 Å². The monoisotopic (exact) mass is 99.1 g/mol. The van der Waals surface area contributed by atoms with Crippen LogP contribution < -0.4 is 0 Å². The molecule has 0 aromatic carbocycles. The highest BCUT2D eigenvalue weighted by Gasteiger charge is 2.14. The van der Waals surface area contributed by atoms with E-state index in [1.54, 1.807) is 6.21 Å². The second-order valence-corrected chi connectivity index (χ2v) is 1.96. The van der Waals surface area contributed by atoms with Crippen molar-refractivity contribution in [3.63, 3.8) is 0 Å². The van der Waals surface area contributed by atoms with Gasteiger partial charge in [0.1, 0.15) is 0 Å². The molecule has 1 aliphatic carbocycles. The summed E-state index contributed by atoms with van der Waals surface area (Å²) in [7, 11) is 0. The van der Waals surface area contributed by atoms with Gasteiger partial charge in [0, 0.05) is 6.21 Å². The first kappa shape index (κ1) is 4.62. The minimum atomic E-state index is 0.588. The van der Waals surface area contributed by atoms with Crippen molar-refractivity contribution in [1.29, 1.82) is 0 Å². The van der Waals surface area contributed by atoms with Crippen molar-refractivity contribution < 1.29 is 5.21 Å². The molecule has 0 heterocycles. The van der Waals surface area contributed by atoms with Gasteiger partial charge in [-0.3, -0.25) is 0 Å². The first-order valence-electron chi connectivity index (χ1n) is 2.61. The van der Waals surface area contributed by atoms with Crippen molar-refractivity contribution in [3.8, 4) is 0 Å². The standard InChI is InChI=1S/C5H9NO/c7-6-4-5-2-1-3-5/h4-5,7H,1-3H2. The van der Waals surface area contributed by atoms with E-state index in [4.69, 9.17) is 5.21 Å². The zero-order valence-corrected chi connectivity index (χ0v) is 4.17. The minimum absolute atomic E-state index is 0.588. The van der Waals surface area contributed by atoms with Crippen molar-refractivity contribution in [2.24, 2.45) is 11.1 Å². The zero-order chi connectivity index (χ0) is 5.11. The summed E-state index contributed by atoms with van der Waals surface area (Å²) >= 11 is 0. The molecule has 1 saturated carbocycles. The molecule has 1 fully saturated rings. The van der Waals surface area contributed by atoms with Crippen LogP contribution in [0.25, 0.3) is 0 Å². The molecule has 0 bridgehead atoms. The molecular weight excluding hydrogens is 90.1 g/mol. The van der Waals surface area contributed by atoms with Gasteiger partial charge in [-0.25, -0.2) is 0 Å². The highest BCUT2D eigenvalue weighted by atomic mass is 16.4. The number of hydrogen-bond acceptors (Lipinski definition) is 2. The van der Waals surface area contributed by atoms with Gasteiger partial charge < -0.3 is 5.21 Å². The Morgan fingerprint density at radius 2 is 2.29 bits per heavy atom. The molecule has 0 aliphatic heterocycles. The van der Waals surface area contributed by atoms with E-state index in [1.807, 2.05) is 0 Å².